The highest BCUT2D eigenvalue weighted by Crippen LogP contribution is 2.28. The van der Waals surface area contributed by atoms with Crippen LogP contribution in [0, 0.1) is 0 Å². The van der Waals surface area contributed by atoms with E-state index in [0.717, 1.165) is 21.9 Å². The molecule has 0 aliphatic rings. The van der Waals surface area contributed by atoms with Crippen LogP contribution in [-0.2, 0) is 19.6 Å². The number of carbonyl (C=O) groups is 1. The fourth-order valence-electron chi connectivity index (χ4n) is 3.58. The maximum atomic E-state index is 13.3. The number of anilines is 2. The van der Waals surface area contributed by atoms with E-state index in [9.17, 15) is 13.2 Å². The normalized spacial score (nSPS) is 12.1. The van der Waals surface area contributed by atoms with Crippen LogP contribution < -0.4 is 10.0 Å². The molecule has 0 aliphatic carbocycles. The van der Waals surface area contributed by atoms with Crippen LogP contribution in [0.15, 0.2) is 95.3 Å². The van der Waals surface area contributed by atoms with E-state index >= 15 is 0 Å². The minimum Gasteiger partial charge on any atom is -0.466 e. The fourth-order valence-corrected chi connectivity index (χ4v) is 5.40. The van der Waals surface area contributed by atoms with E-state index in [0.29, 0.717) is 5.56 Å². The van der Waals surface area contributed by atoms with E-state index in [1.54, 1.807) is 49.5 Å². The summed E-state index contributed by atoms with van der Waals surface area (Å²) in [7, 11) is -3.93. The summed E-state index contributed by atoms with van der Waals surface area (Å²) in [5.74, 6) is -0.470. The maximum absolute atomic E-state index is 13.3. The van der Waals surface area contributed by atoms with Crippen LogP contribution in [0.2, 0.25) is 0 Å². The van der Waals surface area contributed by atoms with E-state index in [1.807, 2.05) is 41.8 Å². The number of nitrogens with one attached hydrogen (secondary N) is 2. The Morgan fingerprint density at radius 1 is 1.00 bits per heavy atom. The maximum Gasteiger partial charge on any atom is 0.307 e. The van der Waals surface area contributed by atoms with Crippen molar-refractivity contribution in [3.63, 3.8) is 0 Å². The highest BCUT2D eigenvalue weighted by atomic mass is 32.2. The van der Waals surface area contributed by atoms with E-state index in [2.05, 4.69) is 15.0 Å². The van der Waals surface area contributed by atoms with Crippen LogP contribution in [-0.4, -0.2) is 26.0 Å². The summed E-state index contributed by atoms with van der Waals surface area (Å²) in [6, 6.07) is 22.6. The largest absolute Gasteiger partial charge is 0.466 e. The van der Waals surface area contributed by atoms with Crippen molar-refractivity contribution in [3.8, 4) is 11.1 Å². The number of hydrogen-bond acceptors (Lipinski definition) is 7. The third kappa shape index (κ3) is 6.54. The van der Waals surface area contributed by atoms with E-state index < -0.39 is 22.0 Å². The van der Waals surface area contributed by atoms with E-state index in [1.165, 1.54) is 17.4 Å². The lowest BCUT2D eigenvalue weighted by Gasteiger charge is -2.19. The second-order valence-electron chi connectivity index (χ2n) is 7.66. The molecule has 1 unspecified atom stereocenters. The Balaban J connectivity index is 1.59. The first-order valence-electron chi connectivity index (χ1n) is 11.0. The van der Waals surface area contributed by atoms with Crippen LogP contribution in [0.3, 0.4) is 0 Å². The number of rotatable bonds is 10. The highest BCUT2D eigenvalue weighted by Gasteiger charge is 2.24. The first-order valence-corrected chi connectivity index (χ1v) is 13.4. The number of aromatic nitrogens is 1. The first-order chi connectivity index (χ1) is 16.9. The summed E-state index contributed by atoms with van der Waals surface area (Å²) >= 11 is 1.49. The summed E-state index contributed by atoms with van der Waals surface area (Å²) < 4.78 is 34.4. The third-order valence-electron chi connectivity index (χ3n) is 5.20. The molecule has 180 valence electrons. The molecular formula is C26H25N3O4S2. The molecule has 9 heteroatoms. The van der Waals surface area contributed by atoms with Gasteiger partial charge in [0, 0.05) is 17.3 Å². The van der Waals surface area contributed by atoms with Crippen molar-refractivity contribution in [2.75, 3.05) is 11.9 Å². The SMILES string of the molecule is CCOC(=O)CC(NS(=O)(=O)c1cccc(-c2cccc(Nc3nccs3)c2)c1)c1ccccc1. The van der Waals surface area contributed by atoms with Crippen LogP contribution in [0.5, 0.6) is 0 Å². The molecule has 0 bridgehead atoms. The Labute approximate surface area is 208 Å². The first kappa shape index (κ1) is 24.6. The molecule has 0 fully saturated rings. The Hall–Kier alpha value is -3.53. The van der Waals surface area contributed by atoms with Crippen molar-refractivity contribution in [1.29, 1.82) is 0 Å². The topological polar surface area (TPSA) is 97.4 Å². The number of esters is 1. The summed E-state index contributed by atoms with van der Waals surface area (Å²) in [5, 5.41) is 5.91. The van der Waals surface area contributed by atoms with Gasteiger partial charge < -0.3 is 10.1 Å². The minimum atomic E-state index is -3.93. The van der Waals surface area contributed by atoms with Crippen molar-refractivity contribution in [3.05, 3.63) is 96.0 Å². The number of sulfonamides is 1. The Morgan fingerprint density at radius 3 is 2.46 bits per heavy atom. The number of ether oxygens (including phenoxy) is 1. The molecule has 0 saturated heterocycles. The van der Waals surface area contributed by atoms with Crippen LogP contribution in [0.25, 0.3) is 11.1 Å². The lowest BCUT2D eigenvalue weighted by molar-refractivity contribution is -0.143. The monoisotopic (exact) mass is 507 g/mol. The molecule has 7 nitrogen and oxygen atoms in total. The molecule has 1 heterocycles. The summed E-state index contributed by atoms with van der Waals surface area (Å²) in [6.07, 6.45) is 1.62. The fraction of sp³-hybridized carbons (Fsp3) is 0.154. The molecule has 1 atom stereocenters. The van der Waals surface area contributed by atoms with Gasteiger partial charge in [-0.2, -0.15) is 0 Å². The molecule has 0 spiro atoms. The summed E-state index contributed by atoms with van der Waals surface area (Å²) in [4.78, 5) is 16.5. The average molecular weight is 508 g/mol. The molecule has 35 heavy (non-hydrogen) atoms. The number of hydrogen-bond donors (Lipinski definition) is 2. The van der Waals surface area contributed by atoms with Gasteiger partial charge in [0.1, 0.15) is 0 Å². The molecule has 2 N–H and O–H groups in total. The van der Waals surface area contributed by atoms with Gasteiger partial charge in [0.2, 0.25) is 10.0 Å². The molecular weight excluding hydrogens is 482 g/mol. The highest BCUT2D eigenvalue weighted by molar-refractivity contribution is 7.89. The molecule has 4 rings (SSSR count). The smallest absolute Gasteiger partial charge is 0.307 e. The van der Waals surface area contributed by atoms with Crippen molar-refractivity contribution in [1.82, 2.24) is 9.71 Å². The van der Waals surface area contributed by atoms with Crippen molar-refractivity contribution < 1.29 is 17.9 Å². The van der Waals surface area contributed by atoms with E-state index in [-0.39, 0.29) is 17.9 Å². The lowest BCUT2D eigenvalue weighted by atomic mass is 10.1. The number of thiazole rings is 1. The minimum absolute atomic E-state index is 0.109. The Morgan fingerprint density at radius 2 is 1.74 bits per heavy atom. The lowest BCUT2D eigenvalue weighted by Crippen LogP contribution is -2.30. The van der Waals surface area contributed by atoms with Gasteiger partial charge in [0.05, 0.1) is 24.0 Å². The second kappa shape index (κ2) is 11.3. The molecule has 0 amide bonds. The zero-order chi connectivity index (χ0) is 24.7. The quantitative estimate of drug-likeness (QED) is 0.274. The number of carbonyl (C=O) groups excluding carboxylic acids is 1. The van der Waals surface area contributed by atoms with Crippen LogP contribution in [0.1, 0.15) is 24.9 Å². The van der Waals surface area contributed by atoms with Crippen LogP contribution >= 0.6 is 11.3 Å². The molecule has 0 aliphatic heterocycles. The number of benzene rings is 3. The van der Waals surface area contributed by atoms with Gasteiger partial charge in [-0.05, 0) is 47.9 Å². The molecule has 4 aromatic rings. The molecule has 1 aromatic heterocycles. The van der Waals surface area contributed by atoms with Crippen molar-refractivity contribution in [2.45, 2.75) is 24.3 Å². The Bertz CT molecular complexity index is 1370. The molecule has 0 radical (unpaired) electrons. The predicted octanol–water partition coefficient (Wildman–Crippen LogP) is 5.53. The van der Waals surface area contributed by atoms with Crippen molar-refractivity contribution in [2.24, 2.45) is 0 Å². The molecule has 3 aromatic carbocycles. The van der Waals surface area contributed by atoms with E-state index in [4.69, 9.17) is 4.74 Å². The van der Waals surface area contributed by atoms with Gasteiger partial charge in [-0.25, -0.2) is 18.1 Å². The second-order valence-corrected chi connectivity index (χ2v) is 10.3. The van der Waals surface area contributed by atoms with Gasteiger partial charge in [0.25, 0.3) is 0 Å². The zero-order valence-corrected chi connectivity index (χ0v) is 20.7. The van der Waals surface area contributed by atoms with Gasteiger partial charge in [-0.3, -0.25) is 4.79 Å². The van der Waals surface area contributed by atoms with Gasteiger partial charge in [-0.15, -0.1) is 11.3 Å². The number of nitrogens with zero attached hydrogens (tertiary/aromatic N) is 1. The van der Waals surface area contributed by atoms with Crippen molar-refractivity contribution >= 4 is 38.1 Å². The van der Waals surface area contributed by atoms with Crippen LogP contribution in [0.4, 0.5) is 10.8 Å². The third-order valence-corrected chi connectivity index (χ3v) is 7.36. The summed E-state index contributed by atoms with van der Waals surface area (Å²) in [6.45, 7) is 1.94. The Kier molecular flexibility index (Phi) is 7.91. The predicted molar refractivity (Wildman–Crippen MR) is 138 cm³/mol. The molecule has 0 saturated carbocycles. The van der Waals surface area contributed by atoms with Gasteiger partial charge >= 0.3 is 5.97 Å². The average Bonchev–Trinajstić information content (AvgIpc) is 3.37. The van der Waals surface area contributed by atoms with Gasteiger partial charge in [-0.1, -0.05) is 54.6 Å². The van der Waals surface area contributed by atoms with Gasteiger partial charge in [0.15, 0.2) is 5.13 Å². The standard InChI is InChI=1S/C26H25N3O4S2/c1-2-33-25(30)18-24(19-8-4-3-5-9-19)29-35(31,32)23-13-7-11-21(17-23)20-10-6-12-22(16-20)28-26-27-14-15-34-26/h3-17,24,29H,2,18H2,1H3,(H,27,28). The zero-order valence-electron chi connectivity index (χ0n) is 19.0. The summed E-state index contributed by atoms with van der Waals surface area (Å²) in [5.41, 5.74) is 3.13.